The summed E-state index contributed by atoms with van der Waals surface area (Å²) in [5.41, 5.74) is 3.00. The molecule has 1 aliphatic carbocycles. The van der Waals surface area contributed by atoms with Crippen molar-refractivity contribution < 1.29 is 4.79 Å². The molecule has 0 radical (unpaired) electrons. The van der Waals surface area contributed by atoms with Gasteiger partial charge in [-0.3, -0.25) is 9.59 Å². The van der Waals surface area contributed by atoms with Gasteiger partial charge in [0.15, 0.2) is 5.43 Å². The van der Waals surface area contributed by atoms with E-state index in [1.165, 1.54) is 6.42 Å². The van der Waals surface area contributed by atoms with Crippen LogP contribution < -0.4 is 5.43 Å². The molecule has 5 heteroatoms. The van der Waals surface area contributed by atoms with E-state index >= 15 is 0 Å². The number of fused-ring (bicyclic) bond motifs is 1. The molecule has 0 spiro atoms. The van der Waals surface area contributed by atoms with Gasteiger partial charge in [-0.1, -0.05) is 18.6 Å². The molecule has 4 nitrogen and oxygen atoms in total. The van der Waals surface area contributed by atoms with Crippen LogP contribution in [0.1, 0.15) is 49.8 Å². The number of nitrogens with one attached hydrogen (secondary N) is 1. The number of H-pyrrole nitrogens is 1. The van der Waals surface area contributed by atoms with E-state index in [4.69, 9.17) is 0 Å². The van der Waals surface area contributed by atoms with E-state index < -0.39 is 0 Å². The number of carbonyl (C=O) groups excluding carboxylic acids is 1. The number of aryl methyl sites for hydroxylation is 1. The lowest BCUT2D eigenvalue weighted by molar-refractivity contribution is -0.139. The summed E-state index contributed by atoms with van der Waals surface area (Å²) < 4.78 is 0. The van der Waals surface area contributed by atoms with E-state index in [2.05, 4.69) is 9.88 Å². The van der Waals surface area contributed by atoms with Gasteiger partial charge in [0.25, 0.3) is 0 Å². The zero-order valence-corrected chi connectivity index (χ0v) is 16.8. The van der Waals surface area contributed by atoms with Gasteiger partial charge in [0.2, 0.25) is 5.91 Å². The summed E-state index contributed by atoms with van der Waals surface area (Å²) in [5.74, 6) is 1.36. The van der Waals surface area contributed by atoms with Gasteiger partial charge in [-0.2, -0.15) is 0 Å². The van der Waals surface area contributed by atoms with Crippen molar-refractivity contribution in [1.29, 1.82) is 0 Å². The van der Waals surface area contributed by atoms with Crippen molar-refractivity contribution in [3.63, 3.8) is 0 Å². The molecule has 0 unspecified atom stereocenters. The van der Waals surface area contributed by atoms with Crippen LogP contribution in [0.4, 0.5) is 0 Å². The SMILES string of the molecule is Cc1c(CCC2CCN(C(=O)C3CCC3)CC2)[nH]c2ccccc2c1=O.Cl. The number of nitrogens with zero attached hydrogens (tertiary/aromatic N) is 1. The Hall–Kier alpha value is -1.81. The first-order valence-electron chi connectivity index (χ1n) is 10.0. The van der Waals surface area contributed by atoms with Gasteiger partial charge in [-0.25, -0.2) is 0 Å². The summed E-state index contributed by atoms with van der Waals surface area (Å²) in [6.45, 7) is 3.75. The quantitative estimate of drug-likeness (QED) is 0.852. The monoisotopic (exact) mass is 388 g/mol. The molecular formula is C22H29ClN2O2. The number of benzene rings is 1. The number of likely N-dealkylation sites (tertiary alicyclic amines) is 1. The first-order valence-corrected chi connectivity index (χ1v) is 10.0. The minimum Gasteiger partial charge on any atom is -0.358 e. The Morgan fingerprint density at radius 2 is 1.85 bits per heavy atom. The van der Waals surface area contributed by atoms with Crippen molar-refractivity contribution in [2.45, 2.75) is 51.9 Å². The van der Waals surface area contributed by atoms with Crippen molar-refractivity contribution in [2.24, 2.45) is 11.8 Å². The Labute approximate surface area is 166 Å². The van der Waals surface area contributed by atoms with Crippen LogP contribution in [0.25, 0.3) is 10.9 Å². The van der Waals surface area contributed by atoms with E-state index in [1.54, 1.807) is 0 Å². The van der Waals surface area contributed by atoms with Crippen LogP contribution in [0.5, 0.6) is 0 Å². The fraction of sp³-hybridized carbons (Fsp3) is 0.545. The Bertz CT molecular complexity index is 864. The molecule has 146 valence electrons. The number of hydrogen-bond acceptors (Lipinski definition) is 2. The molecule has 4 rings (SSSR count). The van der Waals surface area contributed by atoms with E-state index in [9.17, 15) is 9.59 Å². The molecule has 1 aliphatic heterocycles. The Morgan fingerprint density at radius 3 is 2.52 bits per heavy atom. The van der Waals surface area contributed by atoms with Gasteiger partial charge >= 0.3 is 0 Å². The zero-order chi connectivity index (χ0) is 18.1. The number of rotatable bonds is 4. The standard InChI is InChI=1S/C22H28N2O2.ClH/c1-15-19(23-20-8-3-2-7-18(20)21(15)25)10-9-16-11-13-24(14-12-16)22(26)17-5-4-6-17;/h2-3,7-8,16-17H,4-6,9-14H2,1H3,(H,23,25);1H. The highest BCUT2D eigenvalue weighted by Gasteiger charge is 2.31. The van der Waals surface area contributed by atoms with Gasteiger partial charge < -0.3 is 9.88 Å². The number of amides is 1. The third-order valence-electron chi connectivity index (χ3n) is 6.43. The number of piperidine rings is 1. The Balaban J connectivity index is 0.00000210. The van der Waals surface area contributed by atoms with Crippen LogP contribution in [-0.2, 0) is 11.2 Å². The minimum atomic E-state index is 0. The maximum absolute atomic E-state index is 12.6. The van der Waals surface area contributed by atoms with Crippen molar-refractivity contribution in [3.8, 4) is 0 Å². The molecule has 2 fully saturated rings. The smallest absolute Gasteiger partial charge is 0.225 e. The average molecular weight is 389 g/mol. The molecule has 2 aromatic rings. The molecule has 1 saturated heterocycles. The molecule has 2 aliphatic rings. The number of para-hydroxylation sites is 1. The maximum atomic E-state index is 12.6. The van der Waals surface area contributed by atoms with Crippen molar-refractivity contribution >= 4 is 29.2 Å². The van der Waals surface area contributed by atoms with Gasteiger partial charge in [0.1, 0.15) is 0 Å². The van der Waals surface area contributed by atoms with E-state index in [-0.39, 0.29) is 17.8 Å². The molecule has 0 atom stereocenters. The molecule has 1 saturated carbocycles. The number of aromatic nitrogens is 1. The molecule has 1 aromatic carbocycles. The number of halogens is 1. The van der Waals surface area contributed by atoms with Crippen LogP contribution in [0.15, 0.2) is 29.1 Å². The summed E-state index contributed by atoms with van der Waals surface area (Å²) in [7, 11) is 0. The number of hydrogen-bond donors (Lipinski definition) is 1. The van der Waals surface area contributed by atoms with Crippen LogP contribution in [0.3, 0.4) is 0 Å². The third kappa shape index (κ3) is 4.06. The fourth-order valence-electron chi connectivity index (χ4n) is 4.34. The van der Waals surface area contributed by atoms with Crippen molar-refractivity contribution in [3.05, 3.63) is 45.7 Å². The summed E-state index contributed by atoms with van der Waals surface area (Å²) in [6.07, 6.45) is 7.58. The zero-order valence-electron chi connectivity index (χ0n) is 16.0. The summed E-state index contributed by atoms with van der Waals surface area (Å²) in [4.78, 5) is 30.5. The molecule has 27 heavy (non-hydrogen) atoms. The fourth-order valence-corrected chi connectivity index (χ4v) is 4.34. The lowest BCUT2D eigenvalue weighted by Crippen LogP contribution is -2.43. The summed E-state index contributed by atoms with van der Waals surface area (Å²) in [6, 6.07) is 7.74. The average Bonchev–Trinajstić information content (AvgIpc) is 2.62. The number of aromatic amines is 1. The van der Waals surface area contributed by atoms with Gasteiger partial charge in [0, 0.05) is 41.2 Å². The van der Waals surface area contributed by atoms with Crippen LogP contribution in [0.2, 0.25) is 0 Å². The van der Waals surface area contributed by atoms with Crippen molar-refractivity contribution in [1.82, 2.24) is 9.88 Å². The molecule has 1 amide bonds. The first kappa shape index (κ1) is 19.9. The topological polar surface area (TPSA) is 53.2 Å². The lowest BCUT2D eigenvalue weighted by atomic mass is 9.83. The van der Waals surface area contributed by atoms with Crippen LogP contribution >= 0.6 is 12.4 Å². The van der Waals surface area contributed by atoms with Gasteiger partial charge in [-0.05, 0) is 63.5 Å². The first-order chi connectivity index (χ1) is 12.6. The van der Waals surface area contributed by atoms with Gasteiger partial charge in [-0.15, -0.1) is 12.4 Å². The van der Waals surface area contributed by atoms with Crippen molar-refractivity contribution in [2.75, 3.05) is 13.1 Å². The summed E-state index contributed by atoms with van der Waals surface area (Å²) >= 11 is 0. The lowest BCUT2D eigenvalue weighted by Gasteiger charge is -2.36. The van der Waals surface area contributed by atoms with Gasteiger partial charge in [0.05, 0.1) is 0 Å². The molecule has 1 aromatic heterocycles. The Morgan fingerprint density at radius 1 is 1.15 bits per heavy atom. The maximum Gasteiger partial charge on any atom is 0.225 e. The Kier molecular flexibility index (Phi) is 6.25. The predicted octanol–water partition coefficient (Wildman–Crippen LogP) is 4.23. The highest BCUT2D eigenvalue weighted by molar-refractivity contribution is 5.85. The third-order valence-corrected chi connectivity index (χ3v) is 6.43. The number of carbonyl (C=O) groups is 1. The number of pyridine rings is 1. The largest absolute Gasteiger partial charge is 0.358 e. The second-order valence-corrected chi connectivity index (χ2v) is 8.04. The highest BCUT2D eigenvalue weighted by Crippen LogP contribution is 2.30. The van der Waals surface area contributed by atoms with Crippen LogP contribution in [0, 0.1) is 18.8 Å². The normalized spacial score (nSPS) is 18.2. The van der Waals surface area contributed by atoms with E-state index in [0.717, 1.165) is 73.8 Å². The second kappa shape index (κ2) is 8.47. The highest BCUT2D eigenvalue weighted by atomic mass is 35.5. The molecule has 1 N–H and O–H groups in total. The molecular weight excluding hydrogens is 360 g/mol. The van der Waals surface area contributed by atoms with Crippen LogP contribution in [-0.4, -0.2) is 28.9 Å². The van der Waals surface area contributed by atoms with E-state index in [0.29, 0.717) is 17.7 Å². The molecule has 2 heterocycles. The second-order valence-electron chi connectivity index (χ2n) is 8.04. The van der Waals surface area contributed by atoms with E-state index in [1.807, 2.05) is 31.2 Å². The molecule has 0 bridgehead atoms. The minimum absolute atomic E-state index is 0. The predicted molar refractivity (Wildman–Crippen MR) is 112 cm³/mol. The summed E-state index contributed by atoms with van der Waals surface area (Å²) in [5, 5.41) is 0.775.